The molecule has 2 amide bonds. The molecule has 45 heavy (non-hydrogen) atoms. The molecule has 0 spiro atoms. The van der Waals surface area contributed by atoms with Crippen LogP contribution in [0.3, 0.4) is 0 Å². The number of carbonyl (C=O) groups excluding carboxylic acids is 4. The number of piperazine rings is 1. The number of methoxy groups -OCH3 is 1. The lowest BCUT2D eigenvalue weighted by molar-refractivity contribution is -0.423. The summed E-state index contributed by atoms with van der Waals surface area (Å²) in [4.78, 5) is 54.9. The van der Waals surface area contributed by atoms with Gasteiger partial charge in [-0.05, 0) is 52.0 Å². The average molecular weight is 652 g/mol. The number of likely N-dealkylation sites (tertiary alicyclic amines) is 1. The number of likely N-dealkylation sites (N-methyl/N-ethyl adjacent to an activating group) is 1. The molecule has 8 atom stereocenters. The summed E-state index contributed by atoms with van der Waals surface area (Å²) < 4.78 is 16.4. The SMILES string of the molecule is CN1CCN(C(=O)C2C(C(=O)[S-])[C@H]3CC[C@@H]2O3)CC1.COC(=O)C1C(C(=O)N2CCCCC2)[C@@H]2CC[C@H]1O2.[NH3+]C1CCNCC1. The van der Waals surface area contributed by atoms with Crippen LogP contribution in [0.5, 0.6) is 0 Å². The number of hydrogen-bond donors (Lipinski definition) is 2. The second-order valence-corrected chi connectivity index (χ2v) is 14.1. The van der Waals surface area contributed by atoms with E-state index in [9.17, 15) is 19.2 Å². The molecule has 254 valence electrons. The zero-order valence-electron chi connectivity index (χ0n) is 27.0. The fraction of sp³-hybridized carbons (Fsp3) is 0.875. The summed E-state index contributed by atoms with van der Waals surface area (Å²) in [6.07, 6.45) is 8.96. The van der Waals surface area contributed by atoms with Crippen LogP contribution in [-0.2, 0) is 46.0 Å². The Morgan fingerprint density at radius 3 is 1.62 bits per heavy atom. The van der Waals surface area contributed by atoms with Gasteiger partial charge < -0.3 is 57.4 Å². The molecule has 4 bridgehead atoms. The molecule has 12 nitrogen and oxygen atoms in total. The number of piperidine rings is 2. The van der Waals surface area contributed by atoms with Gasteiger partial charge in [0.25, 0.3) is 0 Å². The normalized spacial score (nSPS) is 36.1. The Labute approximate surface area is 272 Å². The van der Waals surface area contributed by atoms with E-state index in [2.05, 4.69) is 23.0 Å². The molecule has 0 radical (unpaired) electrons. The lowest BCUT2D eigenvalue weighted by Gasteiger charge is -2.37. The highest BCUT2D eigenvalue weighted by molar-refractivity contribution is 7.77. The van der Waals surface area contributed by atoms with Crippen LogP contribution in [-0.4, -0.2) is 135 Å². The van der Waals surface area contributed by atoms with Crippen LogP contribution in [0.15, 0.2) is 0 Å². The largest absolute Gasteiger partial charge is 0.742 e. The molecule has 7 rings (SSSR count). The van der Waals surface area contributed by atoms with Crippen molar-refractivity contribution in [3.63, 3.8) is 0 Å². The number of fused-ring (bicyclic) bond motifs is 4. The summed E-state index contributed by atoms with van der Waals surface area (Å²) in [5.74, 6) is -1.54. The Morgan fingerprint density at radius 1 is 0.689 bits per heavy atom. The molecule has 4 N–H and O–H groups in total. The number of amides is 2. The van der Waals surface area contributed by atoms with Gasteiger partial charge in [-0.3, -0.25) is 14.4 Å². The lowest BCUT2D eigenvalue weighted by atomic mass is 9.78. The molecule has 7 fully saturated rings. The fourth-order valence-electron chi connectivity index (χ4n) is 8.16. The van der Waals surface area contributed by atoms with Gasteiger partial charge in [-0.1, -0.05) is 0 Å². The highest BCUT2D eigenvalue weighted by atomic mass is 32.1. The van der Waals surface area contributed by atoms with E-state index in [0.29, 0.717) is 0 Å². The Balaban J connectivity index is 0.000000147. The number of hydrogen-bond acceptors (Lipinski definition) is 10. The Bertz CT molecular complexity index is 1040. The van der Waals surface area contributed by atoms with Crippen molar-refractivity contribution in [3.05, 3.63) is 0 Å². The van der Waals surface area contributed by atoms with Gasteiger partial charge in [0.05, 0.1) is 55.3 Å². The van der Waals surface area contributed by atoms with Crippen molar-refractivity contribution in [2.75, 3.05) is 66.5 Å². The summed E-state index contributed by atoms with van der Waals surface area (Å²) in [6.45, 7) is 7.24. The van der Waals surface area contributed by atoms with E-state index in [1.54, 1.807) is 0 Å². The van der Waals surface area contributed by atoms with Crippen LogP contribution in [0.4, 0.5) is 0 Å². The van der Waals surface area contributed by atoms with E-state index in [1.807, 2.05) is 9.80 Å². The van der Waals surface area contributed by atoms with Crippen molar-refractivity contribution in [1.82, 2.24) is 20.0 Å². The summed E-state index contributed by atoms with van der Waals surface area (Å²) >= 11 is 4.82. The first-order valence-corrected chi connectivity index (χ1v) is 17.5. The van der Waals surface area contributed by atoms with Crippen molar-refractivity contribution in [3.8, 4) is 0 Å². The third kappa shape index (κ3) is 7.98. The predicted octanol–water partition coefficient (Wildman–Crippen LogP) is -0.427. The van der Waals surface area contributed by atoms with E-state index in [-0.39, 0.29) is 65.1 Å². The number of ether oxygens (including phenoxy) is 3. The third-order valence-corrected chi connectivity index (χ3v) is 11.1. The fourth-order valence-corrected chi connectivity index (χ4v) is 8.46. The molecule has 0 aromatic carbocycles. The number of rotatable bonds is 4. The molecule has 0 saturated carbocycles. The molecule has 4 unspecified atom stereocenters. The molecule has 7 heterocycles. The van der Waals surface area contributed by atoms with Crippen molar-refractivity contribution >= 4 is 35.5 Å². The molecule has 7 aliphatic rings. The number of nitrogens with zero attached hydrogens (tertiary/aromatic N) is 3. The van der Waals surface area contributed by atoms with Gasteiger partial charge in [0.2, 0.25) is 11.8 Å². The highest BCUT2D eigenvalue weighted by Gasteiger charge is 2.57. The summed E-state index contributed by atoms with van der Waals surface area (Å²) in [5.41, 5.74) is 3.96. The van der Waals surface area contributed by atoms with Crippen LogP contribution in [0.25, 0.3) is 0 Å². The molecule has 0 aliphatic carbocycles. The van der Waals surface area contributed by atoms with E-state index in [1.165, 1.54) is 39.5 Å². The van der Waals surface area contributed by atoms with E-state index < -0.39 is 5.92 Å². The molecule has 7 saturated heterocycles. The zero-order chi connectivity index (χ0) is 32.1. The summed E-state index contributed by atoms with van der Waals surface area (Å²) in [5, 5.41) is 2.97. The van der Waals surface area contributed by atoms with Gasteiger partial charge in [-0.15, -0.1) is 0 Å². The van der Waals surface area contributed by atoms with Crippen LogP contribution in [0, 0.1) is 23.7 Å². The molecule has 13 heteroatoms. The molecule has 0 aromatic heterocycles. The number of carbonyl (C=O) groups is 4. The monoisotopic (exact) mass is 651 g/mol. The minimum Gasteiger partial charge on any atom is -0.742 e. The highest BCUT2D eigenvalue weighted by Crippen LogP contribution is 2.46. The first-order valence-electron chi connectivity index (χ1n) is 17.1. The first kappa shape index (κ1) is 34.4. The van der Waals surface area contributed by atoms with Gasteiger partial charge in [-0.2, -0.15) is 0 Å². The summed E-state index contributed by atoms with van der Waals surface area (Å²) in [7, 11) is 3.44. The van der Waals surface area contributed by atoms with E-state index in [0.717, 1.165) is 83.8 Å². The van der Waals surface area contributed by atoms with Crippen molar-refractivity contribution < 1.29 is 39.1 Å². The van der Waals surface area contributed by atoms with Crippen molar-refractivity contribution in [2.45, 2.75) is 88.2 Å². The van der Waals surface area contributed by atoms with Gasteiger partial charge in [0.1, 0.15) is 0 Å². The van der Waals surface area contributed by atoms with Crippen LogP contribution >= 0.6 is 0 Å². The van der Waals surface area contributed by atoms with Crippen molar-refractivity contribution in [1.29, 1.82) is 0 Å². The van der Waals surface area contributed by atoms with Gasteiger partial charge in [-0.25, -0.2) is 0 Å². The van der Waals surface area contributed by atoms with Crippen LogP contribution < -0.4 is 11.1 Å². The molecule has 0 aromatic rings. The van der Waals surface area contributed by atoms with E-state index in [4.69, 9.17) is 26.8 Å². The Kier molecular flexibility index (Phi) is 12.1. The van der Waals surface area contributed by atoms with E-state index >= 15 is 0 Å². The second kappa shape index (κ2) is 15.8. The minimum absolute atomic E-state index is 0.0727. The van der Waals surface area contributed by atoms with Gasteiger partial charge in [0, 0.05) is 76.2 Å². The maximum atomic E-state index is 12.7. The lowest BCUT2D eigenvalue weighted by Crippen LogP contribution is -2.63. The topological polar surface area (TPSA) is 145 Å². The summed E-state index contributed by atoms with van der Waals surface area (Å²) in [6, 6.07) is 0.723. The van der Waals surface area contributed by atoms with Crippen molar-refractivity contribution in [2.24, 2.45) is 23.7 Å². The van der Waals surface area contributed by atoms with Crippen LogP contribution in [0.1, 0.15) is 57.8 Å². The Hall–Kier alpha value is -1.90. The van der Waals surface area contributed by atoms with Gasteiger partial charge in [0.15, 0.2) is 0 Å². The molecule has 7 aliphatic heterocycles. The average Bonchev–Trinajstić information content (AvgIpc) is 3.87. The van der Waals surface area contributed by atoms with Gasteiger partial charge >= 0.3 is 5.97 Å². The number of quaternary nitrogens is 1. The standard InChI is InChI=1S/C14H21NO4.C13H20N2O3S.C5H12N2/c1-18-14(17)12-10-6-5-9(19-10)11(12)13(16)15-7-3-2-4-8-15;1-14-4-6-15(7-5-14)12(16)10-8-2-3-9(18-8)11(10)13(17)19;6-5-1-3-7-4-2-5/h9-12H,2-8H2,1H3;8-11H,2-7H2,1H3,(H,17,19);5,7H,1-4,6H2/t9-,10+,11?,12?;8-,9+,10?,11?;/m00./s1. The first-order chi connectivity index (χ1) is 21.7. The second-order valence-electron chi connectivity index (χ2n) is 13.7. The quantitative estimate of drug-likeness (QED) is 0.304. The molecular formula is C32H53N5O7S. The smallest absolute Gasteiger partial charge is 0.312 e. The minimum atomic E-state index is -0.391. The maximum Gasteiger partial charge on any atom is 0.312 e. The Morgan fingerprint density at radius 2 is 1.16 bits per heavy atom. The van der Waals surface area contributed by atoms with Crippen LogP contribution in [0.2, 0.25) is 0 Å². The number of nitrogens with one attached hydrogen (secondary N) is 1. The maximum absolute atomic E-state index is 12.7. The number of esters is 1. The zero-order valence-corrected chi connectivity index (χ0v) is 27.8. The molecular weight excluding hydrogens is 598 g/mol. The predicted molar refractivity (Wildman–Crippen MR) is 167 cm³/mol. The third-order valence-electron chi connectivity index (χ3n) is 10.8.